The number of benzene rings is 2. The van der Waals surface area contributed by atoms with Gasteiger partial charge < -0.3 is 10.1 Å². The Hall–Kier alpha value is -2.00. The molecule has 0 atom stereocenters. The topological polar surface area (TPSA) is 38.3 Å². The molecule has 0 aliphatic rings. The highest BCUT2D eigenvalue weighted by Crippen LogP contribution is 2.22. The fraction of sp³-hybridized carbons (Fsp3) is 0.188. The molecule has 2 aromatic carbocycles. The van der Waals surface area contributed by atoms with Crippen molar-refractivity contribution in [3.63, 3.8) is 0 Å². The molecule has 1 amide bonds. The summed E-state index contributed by atoms with van der Waals surface area (Å²) in [5, 5.41) is 3.32. The molecule has 0 unspecified atom stereocenters. The van der Waals surface area contributed by atoms with Gasteiger partial charge in [-0.25, -0.2) is 0 Å². The van der Waals surface area contributed by atoms with Crippen LogP contribution in [0, 0.1) is 6.92 Å². The van der Waals surface area contributed by atoms with Crippen LogP contribution in [-0.2, 0) is 4.79 Å². The lowest BCUT2D eigenvalue weighted by atomic mass is 10.2. The minimum atomic E-state index is -0.119. The largest absolute Gasteiger partial charge is 0.493 e. The van der Waals surface area contributed by atoms with E-state index < -0.39 is 0 Å². The van der Waals surface area contributed by atoms with Crippen LogP contribution in [0.5, 0.6) is 5.75 Å². The van der Waals surface area contributed by atoms with E-state index >= 15 is 0 Å². The molecule has 0 saturated carbocycles. The average Bonchev–Trinajstić information content (AvgIpc) is 2.43. The predicted octanol–water partition coefficient (Wildman–Crippen LogP) is 4.06. The molecule has 0 fully saturated rings. The van der Waals surface area contributed by atoms with Crippen molar-refractivity contribution >= 4 is 23.2 Å². The Balaban J connectivity index is 1.81. The second-order valence-electron chi connectivity index (χ2n) is 4.44. The maximum atomic E-state index is 11.8. The number of aryl methyl sites for hydroxylation is 1. The lowest BCUT2D eigenvalue weighted by molar-refractivity contribution is -0.116. The van der Waals surface area contributed by atoms with Crippen molar-refractivity contribution in [1.29, 1.82) is 0 Å². The van der Waals surface area contributed by atoms with Gasteiger partial charge in [-0.2, -0.15) is 0 Å². The summed E-state index contributed by atoms with van der Waals surface area (Å²) in [6.45, 7) is 2.28. The first-order valence-electron chi connectivity index (χ1n) is 6.39. The van der Waals surface area contributed by atoms with Crippen LogP contribution in [0.4, 0.5) is 5.69 Å². The van der Waals surface area contributed by atoms with Crippen molar-refractivity contribution in [2.45, 2.75) is 13.3 Å². The molecule has 0 aliphatic carbocycles. The average molecular weight is 290 g/mol. The zero-order valence-electron chi connectivity index (χ0n) is 11.2. The first-order valence-corrected chi connectivity index (χ1v) is 6.77. The number of hydrogen-bond donors (Lipinski definition) is 1. The summed E-state index contributed by atoms with van der Waals surface area (Å²) in [7, 11) is 0. The van der Waals surface area contributed by atoms with Gasteiger partial charge in [-0.1, -0.05) is 35.9 Å². The van der Waals surface area contributed by atoms with Crippen LogP contribution >= 0.6 is 11.6 Å². The van der Waals surface area contributed by atoms with Gasteiger partial charge in [0.25, 0.3) is 0 Å². The molecule has 0 radical (unpaired) electrons. The number of anilines is 1. The first-order chi connectivity index (χ1) is 9.65. The number of carbonyl (C=O) groups excluding carboxylic acids is 1. The van der Waals surface area contributed by atoms with Gasteiger partial charge in [0.15, 0.2) is 0 Å². The summed E-state index contributed by atoms with van der Waals surface area (Å²) in [4.78, 5) is 11.8. The van der Waals surface area contributed by atoms with E-state index in [9.17, 15) is 4.79 Å². The van der Waals surface area contributed by atoms with E-state index in [0.29, 0.717) is 17.3 Å². The van der Waals surface area contributed by atoms with Crippen molar-refractivity contribution in [2.75, 3.05) is 11.9 Å². The van der Waals surface area contributed by atoms with Crippen molar-refractivity contribution in [2.24, 2.45) is 0 Å². The fourth-order valence-electron chi connectivity index (χ4n) is 1.71. The molecule has 0 heterocycles. The van der Waals surface area contributed by atoms with Gasteiger partial charge in [-0.15, -0.1) is 0 Å². The highest BCUT2D eigenvalue weighted by molar-refractivity contribution is 6.33. The maximum Gasteiger partial charge on any atom is 0.227 e. The molecule has 4 heteroatoms. The van der Waals surface area contributed by atoms with E-state index in [1.165, 1.54) is 0 Å². The zero-order valence-corrected chi connectivity index (χ0v) is 12.0. The highest BCUT2D eigenvalue weighted by Gasteiger charge is 2.06. The van der Waals surface area contributed by atoms with Crippen LogP contribution in [0.15, 0.2) is 48.5 Å². The van der Waals surface area contributed by atoms with E-state index in [1.807, 2.05) is 49.4 Å². The number of ether oxygens (including phenoxy) is 1. The summed E-state index contributed by atoms with van der Waals surface area (Å²) < 4.78 is 5.47. The molecule has 2 rings (SSSR count). The second kappa shape index (κ2) is 6.96. The molecule has 0 aliphatic heterocycles. The summed E-state index contributed by atoms with van der Waals surface area (Å²) >= 11 is 6.06. The lowest BCUT2D eigenvalue weighted by Gasteiger charge is -2.09. The Bertz CT molecular complexity index is 584. The van der Waals surface area contributed by atoms with E-state index in [2.05, 4.69) is 5.32 Å². The molecule has 104 valence electrons. The Labute approximate surface area is 123 Å². The second-order valence-corrected chi connectivity index (χ2v) is 4.85. The number of nitrogens with one attached hydrogen (secondary N) is 1. The first kappa shape index (κ1) is 14.4. The Morgan fingerprint density at radius 1 is 1.20 bits per heavy atom. The van der Waals surface area contributed by atoms with Crippen LogP contribution in [0.2, 0.25) is 5.02 Å². The van der Waals surface area contributed by atoms with Crippen molar-refractivity contribution in [3.05, 3.63) is 59.1 Å². The number of carbonyl (C=O) groups is 1. The molecule has 0 bridgehead atoms. The van der Waals surface area contributed by atoms with Gasteiger partial charge in [0, 0.05) is 0 Å². The molecular formula is C16H16ClNO2. The van der Waals surface area contributed by atoms with E-state index in [-0.39, 0.29) is 12.3 Å². The Morgan fingerprint density at radius 2 is 1.95 bits per heavy atom. The third-order valence-corrected chi connectivity index (χ3v) is 3.05. The molecule has 0 spiro atoms. The highest BCUT2D eigenvalue weighted by atomic mass is 35.5. The van der Waals surface area contributed by atoms with E-state index in [1.54, 1.807) is 6.07 Å². The SMILES string of the molecule is Cc1ccc(NC(=O)CCOc2ccccc2)c(Cl)c1. The summed E-state index contributed by atoms with van der Waals surface area (Å²) in [6, 6.07) is 14.9. The molecule has 3 nitrogen and oxygen atoms in total. The van der Waals surface area contributed by atoms with Gasteiger partial charge >= 0.3 is 0 Å². The third kappa shape index (κ3) is 4.28. The smallest absolute Gasteiger partial charge is 0.227 e. The molecule has 0 saturated heterocycles. The maximum absolute atomic E-state index is 11.8. The van der Waals surface area contributed by atoms with Gasteiger partial charge in [0.05, 0.1) is 23.7 Å². The molecule has 2 aromatic rings. The van der Waals surface area contributed by atoms with Crippen molar-refractivity contribution in [1.82, 2.24) is 0 Å². The number of rotatable bonds is 5. The van der Waals surface area contributed by atoms with Crippen LogP contribution < -0.4 is 10.1 Å². The number of amides is 1. The van der Waals surface area contributed by atoms with Crippen LogP contribution in [-0.4, -0.2) is 12.5 Å². The van der Waals surface area contributed by atoms with Gasteiger partial charge in [0.2, 0.25) is 5.91 Å². The molecule has 1 N–H and O–H groups in total. The Kier molecular flexibility index (Phi) is 5.02. The van der Waals surface area contributed by atoms with Gasteiger partial charge in [0.1, 0.15) is 5.75 Å². The number of hydrogen-bond acceptors (Lipinski definition) is 2. The predicted molar refractivity (Wildman–Crippen MR) is 81.4 cm³/mol. The third-order valence-electron chi connectivity index (χ3n) is 2.74. The molecule has 20 heavy (non-hydrogen) atoms. The quantitative estimate of drug-likeness (QED) is 0.901. The summed E-state index contributed by atoms with van der Waals surface area (Å²) in [5.41, 5.74) is 1.68. The number of halogens is 1. The summed E-state index contributed by atoms with van der Waals surface area (Å²) in [6.07, 6.45) is 0.277. The minimum absolute atomic E-state index is 0.119. The van der Waals surface area contributed by atoms with Gasteiger partial charge in [-0.05, 0) is 36.8 Å². The van der Waals surface area contributed by atoms with Crippen molar-refractivity contribution in [3.8, 4) is 5.75 Å². The fourth-order valence-corrected chi connectivity index (χ4v) is 1.99. The van der Waals surface area contributed by atoms with Crippen LogP contribution in [0.1, 0.15) is 12.0 Å². The van der Waals surface area contributed by atoms with E-state index in [0.717, 1.165) is 11.3 Å². The van der Waals surface area contributed by atoms with E-state index in [4.69, 9.17) is 16.3 Å². The lowest BCUT2D eigenvalue weighted by Crippen LogP contribution is -2.15. The molecule has 0 aromatic heterocycles. The minimum Gasteiger partial charge on any atom is -0.493 e. The van der Waals surface area contributed by atoms with Crippen LogP contribution in [0.25, 0.3) is 0 Å². The van der Waals surface area contributed by atoms with Crippen molar-refractivity contribution < 1.29 is 9.53 Å². The van der Waals surface area contributed by atoms with Gasteiger partial charge in [-0.3, -0.25) is 4.79 Å². The zero-order chi connectivity index (χ0) is 14.4. The van der Waals surface area contributed by atoms with Crippen LogP contribution in [0.3, 0.4) is 0 Å². The summed E-state index contributed by atoms with van der Waals surface area (Å²) in [5.74, 6) is 0.639. The number of para-hydroxylation sites is 1. The Morgan fingerprint density at radius 3 is 2.65 bits per heavy atom. The molecular weight excluding hydrogens is 274 g/mol. The standard InChI is InChI=1S/C16H16ClNO2/c1-12-7-8-15(14(17)11-12)18-16(19)9-10-20-13-5-3-2-4-6-13/h2-8,11H,9-10H2,1H3,(H,18,19). The monoisotopic (exact) mass is 289 g/mol. The normalized spacial score (nSPS) is 10.1.